The van der Waals surface area contributed by atoms with Crippen LogP contribution in [0, 0.1) is 12.8 Å². The lowest BCUT2D eigenvalue weighted by atomic mass is 10.1. The zero-order valence-corrected chi connectivity index (χ0v) is 12.7. The number of nitrogen functional groups attached to an aromatic ring is 1. The highest BCUT2D eigenvalue weighted by Crippen LogP contribution is 2.35. The molecular weight excluding hydrogens is 268 g/mol. The van der Waals surface area contributed by atoms with Crippen LogP contribution in [0.4, 0.5) is 5.69 Å². The van der Waals surface area contributed by atoms with Crippen LogP contribution in [0.3, 0.4) is 0 Å². The number of amides is 1. The predicted octanol–water partition coefficient (Wildman–Crippen LogP) is 3.71. The van der Waals surface area contributed by atoms with Gasteiger partial charge in [0.05, 0.1) is 5.69 Å². The quantitative estimate of drug-likeness (QED) is 0.901. The molecule has 1 atom stereocenters. The fraction of sp³-hybridized carbons (Fsp3) is 0.438. The summed E-state index contributed by atoms with van der Waals surface area (Å²) in [6.07, 6.45) is 3.70. The maximum absolute atomic E-state index is 12.4. The van der Waals surface area contributed by atoms with Crippen LogP contribution >= 0.6 is 11.3 Å². The molecule has 1 fully saturated rings. The highest BCUT2D eigenvalue weighted by atomic mass is 32.1. The summed E-state index contributed by atoms with van der Waals surface area (Å²) in [6, 6.07) is 6.34. The smallest absolute Gasteiger partial charge is 0.263 e. The molecule has 1 aromatic heterocycles. The van der Waals surface area contributed by atoms with Crippen molar-refractivity contribution in [1.29, 1.82) is 0 Å². The molecule has 1 amide bonds. The molecule has 4 heteroatoms. The van der Waals surface area contributed by atoms with Crippen molar-refractivity contribution in [3.63, 3.8) is 0 Å². The Labute approximate surface area is 123 Å². The number of carbonyl (C=O) groups is 1. The fourth-order valence-corrected chi connectivity index (χ4v) is 3.72. The molecule has 3 N–H and O–H groups in total. The topological polar surface area (TPSA) is 55.1 Å². The Kier molecular flexibility index (Phi) is 3.42. The number of hydrogen-bond donors (Lipinski definition) is 2. The minimum atomic E-state index is -0.0329. The van der Waals surface area contributed by atoms with E-state index < -0.39 is 0 Å². The van der Waals surface area contributed by atoms with Crippen LogP contribution in [0.5, 0.6) is 0 Å². The van der Waals surface area contributed by atoms with E-state index in [9.17, 15) is 4.79 Å². The number of rotatable bonds is 4. The number of fused-ring (bicyclic) bond motifs is 1. The second kappa shape index (κ2) is 5.09. The molecule has 1 aliphatic rings. The number of anilines is 1. The van der Waals surface area contributed by atoms with Crippen molar-refractivity contribution in [2.45, 2.75) is 39.2 Å². The summed E-state index contributed by atoms with van der Waals surface area (Å²) in [4.78, 5) is 13.0. The maximum Gasteiger partial charge on any atom is 0.263 e. The number of carbonyl (C=O) groups excluding carboxylic acids is 1. The van der Waals surface area contributed by atoms with Crippen LogP contribution in [-0.4, -0.2) is 11.9 Å². The number of hydrogen-bond acceptors (Lipinski definition) is 3. The summed E-state index contributed by atoms with van der Waals surface area (Å²) in [5.41, 5.74) is 7.93. The lowest BCUT2D eigenvalue weighted by Gasteiger charge is -2.12. The van der Waals surface area contributed by atoms with Gasteiger partial charge in [0.25, 0.3) is 5.91 Å². The minimum Gasteiger partial charge on any atom is -0.397 e. The van der Waals surface area contributed by atoms with Crippen LogP contribution in [0.2, 0.25) is 0 Å². The summed E-state index contributed by atoms with van der Waals surface area (Å²) in [6.45, 7) is 4.12. The molecule has 2 aromatic rings. The normalized spacial score (nSPS) is 16.3. The molecule has 1 unspecified atom stereocenters. The van der Waals surface area contributed by atoms with E-state index in [4.69, 9.17) is 5.73 Å². The van der Waals surface area contributed by atoms with E-state index in [1.807, 2.05) is 19.1 Å². The van der Waals surface area contributed by atoms with Crippen molar-refractivity contribution in [3.8, 4) is 0 Å². The Bertz CT molecular complexity index is 658. The lowest BCUT2D eigenvalue weighted by Crippen LogP contribution is -2.32. The molecule has 1 aromatic carbocycles. The first-order valence-electron chi connectivity index (χ1n) is 7.14. The average molecular weight is 288 g/mol. The number of thiophene rings is 1. The lowest BCUT2D eigenvalue weighted by molar-refractivity contribution is 0.0942. The molecule has 0 radical (unpaired) electrons. The van der Waals surface area contributed by atoms with Crippen LogP contribution in [-0.2, 0) is 0 Å². The standard InChI is InChI=1S/C16H20N2OS/c1-9-3-6-12-13(7-9)20-15(14(12)17)16(19)18-10(2)8-11-4-5-11/h3,6-7,10-11H,4-5,8,17H2,1-2H3,(H,18,19). The van der Waals surface area contributed by atoms with Gasteiger partial charge >= 0.3 is 0 Å². The predicted molar refractivity (Wildman–Crippen MR) is 85.2 cm³/mol. The molecule has 0 bridgehead atoms. The Morgan fingerprint density at radius 2 is 2.25 bits per heavy atom. The molecule has 0 spiro atoms. The first-order chi connectivity index (χ1) is 9.54. The molecule has 0 saturated heterocycles. The second-order valence-corrected chi connectivity index (χ2v) is 6.95. The van der Waals surface area contributed by atoms with Crippen molar-refractivity contribution in [1.82, 2.24) is 5.32 Å². The number of nitrogens with one attached hydrogen (secondary N) is 1. The molecular formula is C16H20N2OS. The third-order valence-electron chi connectivity index (χ3n) is 3.85. The van der Waals surface area contributed by atoms with Crippen LogP contribution in [0.1, 0.15) is 41.4 Å². The summed E-state index contributed by atoms with van der Waals surface area (Å²) in [7, 11) is 0. The van der Waals surface area contributed by atoms with Gasteiger partial charge in [0.15, 0.2) is 0 Å². The molecule has 0 aliphatic heterocycles. The van der Waals surface area contributed by atoms with E-state index in [-0.39, 0.29) is 11.9 Å². The van der Waals surface area contributed by atoms with E-state index in [0.29, 0.717) is 10.6 Å². The van der Waals surface area contributed by atoms with Gasteiger partial charge in [0.2, 0.25) is 0 Å². The first-order valence-corrected chi connectivity index (χ1v) is 7.95. The van der Waals surface area contributed by atoms with E-state index in [2.05, 4.69) is 18.3 Å². The van der Waals surface area contributed by atoms with Crippen LogP contribution in [0.25, 0.3) is 10.1 Å². The molecule has 1 saturated carbocycles. The Morgan fingerprint density at radius 3 is 2.95 bits per heavy atom. The third-order valence-corrected chi connectivity index (χ3v) is 5.02. The molecule has 106 valence electrons. The van der Waals surface area contributed by atoms with Crippen molar-refractivity contribution in [3.05, 3.63) is 28.6 Å². The maximum atomic E-state index is 12.4. The Balaban J connectivity index is 1.81. The highest BCUT2D eigenvalue weighted by molar-refractivity contribution is 7.21. The number of benzene rings is 1. The van der Waals surface area contributed by atoms with Crippen molar-refractivity contribution >= 4 is 33.0 Å². The Hall–Kier alpha value is -1.55. The van der Waals surface area contributed by atoms with E-state index in [1.165, 1.54) is 29.7 Å². The summed E-state index contributed by atoms with van der Waals surface area (Å²) >= 11 is 1.49. The number of aryl methyl sites for hydroxylation is 1. The molecule has 20 heavy (non-hydrogen) atoms. The summed E-state index contributed by atoms with van der Waals surface area (Å²) in [5, 5.41) is 4.06. The van der Waals surface area contributed by atoms with Gasteiger partial charge in [-0.1, -0.05) is 25.0 Å². The van der Waals surface area contributed by atoms with Crippen molar-refractivity contribution < 1.29 is 4.79 Å². The summed E-state index contributed by atoms with van der Waals surface area (Å²) in [5.74, 6) is 0.780. The van der Waals surface area contributed by atoms with Gasteiger partial charge in [-0.05, 0) is 37.8 Å². The van der Waals surface area contributed by atoms with Crippen molar-refractivity contribution in [2.24, 2.45) is 5.92 Å². The SMILES string of the molecule is Cc1ccc2c(N)c(C(=O)NC(C)CC3CC3)sc2c1. The van der Waals surface area contributed by atoms with Gasteiger partial charge in [-0.3, -0.25) is 4.79 Å². The largest absolute Gasteiger partial charge is 0.397 e. The highest BCUT2D eigenvalue weighted by Gasteiger charge is 2.25. The average Bonchev–Trinajstić information content (AvgIpc) is 3.12. The monoisotopic (exact) mass is 288 g/mol. The molecule has 1 heterocycles. The van der Waals surface area contributed by atoms with Gasteiger partial charge < -0.3 is 11.1 Å². The molecule has 1 aliphatic carbocycles. The Morgan fingerprint density at radius 1 is 1.50 bits per heavy atom. The summed E-state index contributed by atoms with van der Waals surface area (Å²) < 4.78 is 1.09. The molecule has 3 nitrogen and oxygen atoms in total. The fourth-order valence-electron chi connectivity index (χ4n) is 2.59. The first kappa shape index (κ1) is 13.4. The van der Waals surface area contributed by atoms with Crippen molar-refractivity contribution in [2.75, 3.05) is 5.73 Å². The van der Waals surface area contributed by atoms with Gasteiger partial charge in [0, 0.05) is 16.1 Å². The number of nitrogens with two attached hydrogens (primary N) is 1. The minimum absolute atomic E-state index is 0.0329. The third kappa shape index (κ3) is 2.66. The van der Waals surface area contributed by atoms with E-state index >= 15 is 0 Å². The molecule has 3 rings (SSSR count). The van der Waals surface area contributed by atoms with E-state index in [0.717, 1.165) is 22.4 Å². The zero-order chi connectivity index (χ0) is 14.3. The van der Waals surface area contributed by atoms with Gasteiger partial charge in [-0.2, -0.15) is 0 Å². The van der Waals surface area contributed by atoms with Gasteiger partial charge in [0.1, 0.15) is 4.88 Å². The van der Waals surface area contributed by atoms with Crippen LogP contribution in [0.15, 0.2) is 18.2 Å². The second-order valence-electron chi connectivity index (χ2n) is 5.90. The van der Waals surface area contributed by atoms with Gasteiger partial charge in [-0.15, -0.1) is 11.3 Å². The van der Waals surface area contributed by atoms with Gasteiger partial charge in [-0.25, -0.2) is 0 Å². The van der Waals surface area contributed by atoms with E-state index in [1.54, 1.807) is 0 Å². The van der Waals surface area contributed by atoms with Crippen LogP contribution < -0.4 is 11.1 Å². The zero-order valence-electron chi connectivity index (χ0n) is 11.9.